The van der Waals surface area contributed by atoms with Crippen molar-refractivity contribution in [3.63, 3.8) is 0 Å². The van der Waals surface area contributed by atoms with Gasteiger partial charge in [0.2, 0.25) is 5.91 Å². The van der Waals surface area contributed by atoms with Crippen LogP contribution in [0.15, 0.2) is 60.7 Å². The lowest BCUT2D eigenvalue weighted by molar-refractivity contribution is -0.131. The zero-order valence-corrected chi connectivity index (χ0v) is 15.9. The van der Waals surface area contributed by atoms with E-state index in [1.54, 1.807) is 0 Å². The Kier molecular flexibility index (Phi) is 5.72. The van der Waals surface area contributed by atoms with Crippen LogP contribution in [0.4, 0.5) is 4.79 Å². The number of carbonyl (C=O) groups is 2. The monoisotopic (exact) mass is 378 g/mol. The molecule has 28 heavy (non-hydrogen) atoms. The molecule has 1 N–H and O–H groups in total. The fourth-order valence-electron chi connectivity index (χ4n) is 4.29. The topological polar surface area (TPSA) is 58.6 Å². The van der Waals surface area contributed by atoms with E-state index in [1.165, 1.54) is 4.90 Å². The van der Waals surface area contributed by atoms with Gasteiger partial charge in [0.05, 0.1) is 12.0 Å². The van der Waals surface area contributed by atoms with E-state index in [-0.39, 0.29) is 30.5 Å². The van der Waals surface area contributed by atoms with E-state index in [0.717, 1.165) is 36.9 Å². The molecule has 2 saturated heterocycles. The molecule has 2 aliphatic heterocycles. The number of amides is 2. The second-order valence-corrected chi connectivity index (χ2v) is 7.57. The Morgan fingerprint density at radius 3 is 2.46 bits per heavy atom. The average molecular weight is 378 g/mol. The smallest absolute Gasteiger partial charge is 0.417 e. The maximum absolute atomic E-state index is 13.6. The van der Waals surface area contributed by atoms with E-state index in [1.807, 2.05) is 60.7 Å². The largest absolute Gasteiger partial charge is 0.447 e. The average Bonchev–Trinajstić information content (AvgIpc) is 3.10. The van der Waals surface area contributed by atoms with Crippen molar-refractivity contribution in [1.29, 1.82) is 0 Å². The van der Waals surface area contributed by atoms with Crippen LogP contribution in [-0.2, 0) is 16.0 Å². The number of carbonyl (C=O) groups excluding carboxylic acids is 2. The van der Waals surface area contributed by atoms with Gasteiger partial charge >= 0.3 is 6.09 Å². The summed E-state index contributed by atoms with van der Waals surface area (Å²) in [5, 5.41) is 3.50. The highest BCUT2D eigenvalue weighted by Gasteiger charge is 2.43. The zero-order chi connectivity index (χ0) is 19.3. The van der Waals surface area contributed by atoms with Crippen molar-refractivity contribution in [2.24, 2.45) is 0 Å². The van der Waals surface area contributed by atoms with Crippen molar-refractivity contribution >= 4 is 12.0 Å². The molecule has 5 nitrogen and oxygen atoms in total. The summed E-state index contributed by atoms with van der Waals surface area (Å²) < 4.78 is 5.29. The van der Waals surface area contributed by atoms with Gasteiger partial charge in [0.1, 0.15) is 6.61 Å². The van der Waals surface area contributed by atoms with Crippen molar-refractivity contribution < 1.29 is 14.3 Å². The van der Waals surface area contributed by atoms with Crippen LogP contribution in [0.1, 0.15) is 36.3 Å². The lowest BCUT2D eigenvalue weighted by atomic mass is 9.85. The summed E-state index contributed by atoms with van der Waals surface area (Å²) in [5.41, 5.74) is 2.04. The van der Waals surface area contributed by atoms with Crippen molar-refractivity contribution in [3.05, 3.63) is 71.8 Å². The van der Waals surface area contributed by atoms with E-state index in [9.17, 15) is 9.59 Å². The summed E-state index contributed by atoms with van der Waals surface area (Å²) in [6.45, 7) is 1.15. The zero-order valence-electron chi connectivity index (χ0n) is 15.9. The Morgan fingerprint density at radius 1 is 1.07 bits per heavy atom. The molecule has 146 valence electrons. The van der Waals surface area contributed by atoms with Gasteiger partial charge < -0.3 is 10.1 Å². The van der Waals surface area contributed by atoms with Crippen LogP contribution in [-0.4, -0.2) is 42.1 Å². The van der Waals surface area contributed by atoms with E-state index in [4.69, 9.17) is 4.74 Å². The fourth-order valence-corrected chi connectivity index (χ4v) is 4.29. The number of nitrogens with zero attached hydrogens (tertiary/aromatic N) is 1. The molecule has 0 bridgehead atoms. The number of cyclic esters (lactones) is 1. The number of ether oxygens (including phenoxy) is 1. The molecule has 2 aromatic rings. The predicted octanol–water partition coefficient (Wildman–Crippen LogP) is 3.50. The Bertz CT molecular complexity index is 803. The van der Waals surface area contributed by atoms with Gasteiger partial charge in [-0.25, -0.2) is 9.69 Å². The van der Waals surface area contributed by atoms with Crippen LogP contribution >= 0.6 is 0 Å². The van der Waals surface area contributed by atoms with Crippen molar-refractivity contribution in [3.8, 4) is 0 Å². The number of rotatable bonds is 5. The molecular weight excluding hydrogens is 352 g/mol. The van der Waals surface area contributed by atoms with Gasteiger partial charge in [0, 0.05) is 6.04 Å². The van der Waals surface area contributed by atoms with Crippen LogP contribution in [0.3, 0.4) is 0 Å². The number of hydrogen-bond donors (Lipinski definition) is 1. The molecule has 0 unspecified atom stereocenters. The van der Waals surface area contributed by atoms with Crippen molar-refractivity contribution in [1.82, 2.24) is 10.2 Å². The third-order valence-electron chi connectivity index (χ3n) is 5.69. The highest BCUT2D eigenvalue weighted by molar-refractivity contribution is 5.97. The molecule has 3 atom stereocenters. The van der Waals surface area contributed by atoms with Crippen LogP contribution < -0.4 is 5.32 Å². The molecule has 4 rings (SSSR count). The predicted molar refractivity (Wildman–Crippen MR) is 107 cm³/mol. The summed E-state index contributed by atoms with van der Waals surface area (Å²) in [5.74, 6) is -0.542. The van der Waals surface area contributed by atoms with E-state index >= 15 is 0 Å². The Hall–Kier alpha value is -2.66. The fraction of sp³-hybridized carbons (Fsp3) is 0.391. The number of imide groups is 1. The molecule has 0 spiro atoms. The third-order valence-corrected chi connectivity index (χ3v) is 5.69. The summed E-state index contributed by atoms with van der Waals surface area (Å²) in [4.78, 5) is 27.5. The van der Waals surface area contributed by atoms with Gasteiger partial charge in [-0.3, -0.25) is 4.79 Å². The van der Waals surface area contributed by atoms with Gasteiger partial charge in [-0.15, -0.1) is 0 Å². The minimum absolute atomic E-state index is 0.0365. The van der Waals surface area contributed by atoms with Crippen LogP contribution in [0, 0.1) is 0 Å². The lowest BCUT2D eigenvalue weighted by Gasteiger charge is -2.33. The van der Waals surface area contributed by atoms with Gasteiger partial charge in [-0.05, 0) is 36.9 Å². The molecular formula is C23H26N2O3. The standard InChI is InChI=1S/C23H26N2O3/c26-22(21(18-11-5-2-6-12-18)20-13-7-8-14-24-20)25-19(16-28-23(25)27)15-17-9-3-1-4-10-17/h1-6,9-12,19-21,24H,7-8,13-16H2/t19-,20+,21-/m0/s1. The number of hydrogen-bond acceptors (Lipinski definition) is 4. The summed E-state index contributed by atoms with van der Waals surface area (Å²) in [6, 6.07) is 19.5. The second-order valence-electron chi connectivity index (χ2n) is 7.57. The highest BCUT2D eigenvalue weighted by atomic mass is 16.6. The maximum Gasteiger partial charge on any atom is 0.417 e. The normalized spacial score (nSPS) is 23.3. The van der Waals surface area contributed by atoms with Crippen LogP contribution in [0.5, 0.6) is 0 Å². The van der Waals surface area contributed by atoms with Gasteiger partial charge in [0.25, 0.3) is 0 Å². The van der Waals surface area contributed by atoms with Crippen molar-refractivity contribution in [2.75, 3.05) is 13.2 Å². The van der Waals surface area contributed by atoms with E-state index in [2.05, 4.69) is 5.32 Å². The molecule has 2 fully saturated rings. The quantitative estimate of drug-likeness (QED) is 0.865. The number of piperidine rings is 1. The molecule has 0 radical (unpaired) electrons. The first-order valence-electron chi connectivity index (χ1n) is 10.1. The molecule has 0 aromatic heterocycles. The van der Waals surface area contributed by atoms with Crippen LogP contribution in [0.2, 0.25) is 0 Å². The highest BCUT2D eigenvalue weighted by Crippen LogP contribution is 2.30. The van der Waals surface area contributed by atoms with Gasteiger partial charge in [-0.1, -0.05) is 67.1 Å². The molecule has 2 amide bonds. The Balaban J connectivity index is 1.61. The molecule has 2 aliphatic rings. The Morgan fingerprint density at radius 2 is 1.79 bits per heavy atom. The second kappa shape index (κ2) is 8.57. The molecule has 2 aromatic carbocycles. The molecule has 0 saturated carbocycles. The first-order chi connectivity index (χ1) is 13.7. The molecule has 5 heteroatoms. The minimum atomic E-state index is -0.525. The summed E-state index contributed by atoms with van der Waals surface area (Å²) in [7, 11) is 0. The SMILES string of the molecule is O=C1OC[C@H](Cc2ccccc2)N1C(=O)[C@@H](c1ccccc1)[C@H]1CCCCN1. The lowest BCUT2D eigenvalue weighted by Crippen LogP contribution is -2.49. The first-order valence-corrected chi connectivity index (χ1v) is 10.1. The molecule has 0 aliphatic carbocycles. The van der Waals surface area contributed by atoms with E-state index < -0.39 is 6.09 Å². The number of benzene rings is 2. The van der Waals surface area contributed by atoms with Gasteiger partial charge in [0.15, 0.2) is 0 Å². The van der Waals surface area contributed by atoms with Crippen molar-refractivity contribution in [2.45, 2.75) is 43.7 Å². The van der Waals surface area contributed by atoms with E-state index in [0.29, 0.717) is 6.42 Å². The minimum Gasteiger partial charge on any atom is -0.447 e. The number of nitrogens with one attached hydrogen (secondary N) is 1. The third kappa shape index (κ3) is 3.94. The first kappa shape index (κ1) is 18.7. The summed E-state index contributed by atoms with van der Waals surface area (Å²) >= 11 is 0. The van der Waals surface area contributed by atoms with Gasteiger partial charge in [-0.2, -0.15) is 0 Å². The Labute approximate surface area is 165 Å². The maximum atomic E-state index is 13.6. The molecule has 2 heterocycles. The van der Waals surface area contributed by atoms with Crippen LogP contribution in [0.25, 0.3) is 0 Å². The summed E-state index contributed by atoms with van der Waals surface area (Å²) in [6.07, 6.45) is 3.22.